The van der Waals surface area contributed by atoms with Gasteiger partial charge in [0.25, 0.3) is 0 Å². The number of phenols is 1. The highest BCUT2D eigenvalue weighted by atomic mass is 79.9. The molecule has 98 valence electrons. The van der Waals surface area contributed by atoms with Crippen LogP contribution in [0.4, 0.5) is 0 Å². The molecule has 0 radical (unpaired) electrons. The first-order valence-corrected chi connectivity index (χ1v) is 6.57. The van der Waals surface area contributed by atoms with Crippen LogP contribution in [-0.4, -0.2) is 10.9 Å². The van der Waals surface area contributed by atoms with E-state index in [-0.39, 0.29) is 17.1 Å². The van der Waals surface area contributed by atoms with E-state index in [4.69, 9.17) is 4.74 Å². The predicted molar refractivity (Wildman–Crippen MR) is 76.6 cm³/mol. The van der Waals surface area contributed by atoms with Gasteiger partial charge in [-0.3, -0.25) is 4.79 Å². The lowest BCUT2D eigenvalue weighted by Gasteiger charge is -2.08. The first kappa shape index (κ1) is 13.6. The van der Waals surface area contributed by atoms with Crippen LogP contribution in [-0.2, 0) is 6.61 Å². The van der Waals surface area contributed by atoms with Crippen molar-refractivity contribution in [3.05, 3.63) is 58.1 Å². The van der Waals surface area contributed by atoms with Gasteiger partial charge in [0.15, 0.2) is 5.78 Å². The van der Waals surface area contributed by atoms with E-state index in [0.29, 0.717) is 12.4 Å². The molecule has 3 nitrogen and oxygen atoms in total. The second kappa shape index (κ2) is 5.89. The first-order valence-electron chi connectivity index (χ1n) is 5.77. The lowest BCUT2D eigenvalue weighted by Crippen LogP contribution is -1.98. The van der Waals surface area contributed by atoms with Crippen molar-refractivity contribution in [1.29, 1.82) is 0 Å². The van der Waals surface area contributed by atoms with E-state index in [1.807, 2.05) is 24.3 Å². The third-order valence-electron chi connectivity index (χ3n) is 2.67. The quantitative estimate of drug-likeness (QED) is 0.868. The number of benzene rings is 2. The lowest BCUT2D eigenvalue weighted by molar-refractivity contribution is 0.101. The van der Waals surface area contributed by atoms with Crippen LogP contribution in [0.2, 0.25) is 0 Å². The molecule has 2 aromatic carbocycles. The van der Waals surface area contributed by atoms with Crippen LogP contribution in [0.1, 0.15) is 22.8 Å². The summed E-state index contributed by atoms with van der Waals surface area (Å²) in [7, 11) is 0. The molecule has 0 aliphatic rings. The van der Waals surface area contributed by atoms with Crippen molar-refractivity contribution in [3.8, 4) is 11.5 Å². The summed E-state index contributed by atoms with van der Waals surface area (Å²) in [5, 5.41) is 9.54. The number of rotatable bonds is 4. The van der Waals surface area contributed by atoms with E-state index < -0.39 is 0 Å². The van der Waals surface area contributed by atoms with Crippen molar-refractivity contribution in [2.75, 3.05) is 0 Å². The SMILES string of the molecule is CC(=O)c1cc(OCc2ccc(Br)cc2)ccc1O. The van der Waals surface area contributed by atoms with Gasteiger partial charge in [-0.15, -0.1) is 0 Å². The molecule has 4 heteroatoms. The fourth-order valence-electron chi connectivity index (χ4n) is 1.63. The van der Waals surface area contributed by atoms with Gasteiger partial charge >= 0.3 is 0 Å². The van der Waals surface area contributed by atoms with Crippen molar-refractivity contribution in [2.24, 2.45) is 0 Å². The molecule has 2 aromatic rings. The van der Waals surface area contributed by atoms with E-state index in [0.717, 1.165) is 10.0 Å². The normalized spacial score (nSPS) is 10.2. The van der Waals surface area contributed by atoms with Crippen LogP contribution in [0, 0.1) is 0 Å². The Kier molecular flexibility index (Phi) is 4.22. The Balaban J connectivity index is 2.09. The van der Waals surface area contributed by atoms with Crippen LogP contribution in [0.3, 0.4) is 0 Å². The fourth-order valence-corrected chi connectivity index (χ4v) is 1.90. The molecule has 19 heavy (non-hydrogen) atoms. The zero-order valence-electron chi connectivity index (χ0n) is 10.4. The molecule has 0 aliphatic heterocycles. The molecule has 0 unspecified atom stereocenters. The van der Waals surface area contributed by atoms with Gasteiger partial charge < -0.3 is 9.84 Å². The number of carbonyl (C=O) groups is 1. The van der Waals surface area contributed by atoms with Crippen molar-refractivity contribution >= 4 is 21.7 Å². The molecule has 0 aromatic heterocycles. The van der Waals surface area contributed by atoms with Crippen molar-refractivity contribution in [1.82, 2.24) is 0 Å². The molecule has 0 heterocycles. The molecule has 0 aliphatic carbocycles. The van der Waals surface area contributed by atoms with Crippen molar-refractivity contribution in [3.63, 3.8) is 0 Å². The van der Waals surface area contributed by atoms with Gasteiger partial charge in [-0.2, -0.15) is 0 Å². The number of ketones is 1. The van der Waals surface area contributed by atoms with Gasteiger partial charge in [0.05, 0.1) is 5.56 Å². The van der Waals surface area contributed by atoms with Gasteiger partial charge in [0.1, 0.15) is 18.1 Å². The summed E-state index contributed by atoms with van der Waals surface area (Å²) < 4.78 is 6.61. The summed E-state index contributed by atoms with van der Waals surface area (Å²) >= 11 is 3.37. The van der Waals surface area contributed by atoms with E-state index in [1.54, 1.807) is 12.1 Å². The minimum atomic E-state index is -0.188. The number of hydrogen-bond donors (Lipinski definition) is 1. The minimum absolute atomic E-state index is 0.0245. The van der Waals surface area contributed by atoms with E-state index in [1.165, 1.54) is 13.0 Å². The molecule has 0 spiro atoms. The standard InChI is InChI=1S/C15H13BrO3/c1-10(17)14-8-13(6-7-15(14)18)19-9-11-2-4-12(16)5-3-11/h2-8,18H,9H2,1H3. The zero-order valence-corrected chi connectivity index (χ0v) is 12.0. The van der Waals surface area contributed by atoms with Crippen LogP contribution in [0.15, 0.2) is 46.9 Å². The van der Waals surface area contributed by atoms with E-state index >= 15 is 0 Å². The maximum atomic E-state index is 11.3. The van der Waals surface area contributed by atoms with Gasteiger partial charge in [0, 0.05) is 4.47 Å². The summed E-state index contributed by atoms with van der Waals surface area (Å²) in [6.45, 7) is 1.82. The monoisotopic (exact) mass is 320 g/mol. The van der Waals surface area contributed by atoms with Crippen LogP contribution in [0.25, 0.3) is 0 Å². The maximum absolute atomic E-state index is 11.3. The van der Waals surface area contributed by atoms with Crippen LogP contribution >= 0.6 is 15.9 Å². The third-order valence-corrected chi connectivity index (χ3v) is 3.19. The van der Waals surface area contributed by atoms with Crippen molar-refractivity contribution in [2.45, 2.75) is 13.5 Å². The molecule has 2 rings (SSSR count). The Morgan fingerprint density at radius 1 is 1.21 bits per heavy atom. The van der Waals surface area contributed by atoms with E-state index in [2.05, 4.69) is 15.9 Å². The summed E-state index contributed by atoms with van der Waals surface area (Å²) in [5.74, 6) is 0.348. The Bertz CT molecular complexity index is 591. The number of phenolic OH excluding ortho intramolecular Hbond substituents is 1. The number of ether oxygens (including phenoxy) is 1. The van der Waals surface area contributed by atoms with Crippen LogP contribution < -0.4 is 4.74 Å². The Morgan fingerprint density at radius 2 is 1.89 bits per heavy atom. The fraction of sp³-hybridized carbons (Fsp3) is 0.133. The average Bonchev–Trinajstić information content (AvgIpc) is 2.39. The largest absolute Gasteiger partial charge is 0.507 e. The molecule has 0 saturated carbocycles. The highest BCUT2D eigenvalue weighted by molar-refractivity contribution is 9.10. The molecular formula is C15H13BrO3. The summed E-state index contributed by atoms with van der Waals surface area (Å²) in [6, 6.07) is 12.4. The first-order chi connectivity index (χ1) is 9.06. The molecule has 0 saturated heterocycles. The Labute approximate surface area is 120 Å². The predicted octanol–water partition coefficient (Wildman–Crippen LogP) is 3.94. The lowest BCUT2D eigenvalue weighted by atomic mass is 10.1. The van der Waals surface area contributed by atoms with Crippen molar-refractivity contribution < 1.29 is 14.6 Å². The highest BCUT2D eigenvalue weighted by Gasteiger charge is 2.08. The molecule has 0 amide bonds. The van der Waals surface area contributed by atoms with Gasteiger partial charge in [-0.25, -0.2) is 0 Å². The maximum Gasteiger partial charge on any atom is 0.163 e. The highest BCUT2D eigenvalue weighted by Crippen LogP contribution is 2.24. The summed E-state index contributed by atoms with van der Waals surface area (Å²) in [4.78, 5) is 11.3. The molecular weight excluding hydrogens is 308 g/mol. The average molecular weight is 321 g/mol. The third kappa shape index (κ3) is 3.58. The molecule has 1 N–H and O–H groups in total. The number of hydrogen-bond acceptors (Lipinski definition) is 3. The number of Topliss-reactive ketones (excluding diaryl/α,β-unsaturated/α-hetero) is 1. The van der Waals surface area contributed by atoms with Gasteiger partial charge in [-0.05, 0) is 42.8 Å². The summed E-state index contributed by atoms with van der Waals surface area (Å²) in [5.41, 5.74) is 1.30. The van der Waals surface area contributed by atoms with Crippen LogP contribution in [0.5, 0.6) is 11.5 Å². The zero-order chi connectivity index (χ0) is 13.8. The second-order valence-corrected chi connectivity index (χ2v) is 5.07. The number of aromatic hydroxyl groups is 1. The molecule has 0 atom stereocenters. The number of carbonyl (C=O) groups excluding carboxylic acids is 1. The minimum Gasteiger partial charge on any atom is -0.507 e. The van der Waals surface area contributed by atoms with E-state index in [9.17, 15) is 9.90 Å². The molecule has 0 bridgehead atoms. The Hall–Kier alpha value is -1.81. The van der Waals surface area contributed by atoms with Gasteiger partial charge in [0.2, 0.25) is 0 Å². The smallest absolute Gasteiger partial charge is 0.163 e. The summed E-state index contributed by atoms with van der Waals surface area (Å²) in [6.07, 6.45) is 0. The molecule has 0 fully saturated rings. The Morgan fingerprint density at radius 3 is 2.53 bits per heavy atom. The number of halogens is 1. The van der Waals surface area contributed by atoms with Gasteiger partial charge in [-0.1, -0.05) is 28.1 Å². The second-order valence-electron chi connectivity index (χ2n) is 4.15. The topological polar surface area (TPSA) is 46.5 Å².